The second kappa shape index (κ2) is 5.31. The Morgan fingerprint density at radius 1 is 1.33 bits per heavy atom. The molecule has 0 amide bonds. The van der Waals surface area contributed by atoms with Gasteiger partial charge in [-0.3, -0.25) is 0 Å². The summed E-state index contributed by atoms with van der Waals surface area (Å²) in [5.41, 5.74) is -0.177. The second-order valence-electron chi connectivity index (χ2n) is 4.68. The van der Waals surface area contributed by atoms with E-state index >= 15 is 0 Å². The molecule has 0 radical (unpaired) electrons. The third-order valence-corrected chi connectivity index (χ3v) is 3.11. The highest BCUT2D eigenvalue weighted by Crippen LogP contribution is 2.26. The monoisotopic (exact) mass is 248 g/mol. The Morgan fingerprint density at radius 3 is 2.67 bits per heavy atom. The Hall–Kier alpha value is -1.68. The van der Waals surface area contributed by atoms with E-state index in [4.69, 9.17) is 0 Å². The number of aromatic nitrogens is 2. The van der Waals surface area contributed by atoms with Crippen LogP contribution in [0.15, 0.2) is 43.0 Å². The molecule has 0 aliphatic heterocycles. The number of hydrogen-bond acceptors (Lipinski definition) is 2. The first-order chi connectivity index (χ1) is 8.58. The fourth-order valence-corrected chi connectivity index (χ4v) is 1.98. The van der Waals surface area contributed by atoms with Gasteiger partial charge in [0.1, 0.15) is 5.82 Å². The standard InChI is InChI=1S/C14H17FN2O/c1-14(18,12-3-5-13(15)6-4-12)7-2-9-17-10-8-16-11-17/h3-6,8,10-11,18H,2,7,9H2,1H3. The van der Waals surface area contributed by atoms with Crippen LogP contribution in [0.1, 0.15) is 25.3 Å². The number of imidazole rings is 1. The summed E-state index contributed by atoms with van der Waals surface area (Å²) in [7, 11) is 0. The molecule has 0 aliphatic rings. The maximum absolute atomic E-state index is 12.8. The molecule has 1 atom stereocenters. The lowest BCUT2D eigenvalue weighted by Crippen LogP contribution is -2.21. The Kier molecular flexibility index (Phi) is 3.77. The van der Waals surface area contributed by atoms with E-state index in [-0.39, 0.29) is 5.82 Å². The van der Waals surface area contributed by atoms with Gasteiger partial charge in [0, 0.05) is 18.9 Å². The van der Waals surface area contributed by atoms with Gasteiger partial charge >= 0.3 is 0 Å². The molecule has 4 heteroatoms. The second-order valence-corrected chi connectivity index (χ2v) is 4.68. The Bertz CT molecular complexity index is 477. The van der Waals surface area contributed by atoms with E-state index in [1.807, 2.05) is 10.8 Å². The van der Waals surface area contributed by atoms with E-state index in [0.29, 0.717) is 6.42 Å². The van der Waals surface area contributed by atoms with E-state index in [1.54, 1.807) is 31.6 Å². The SMILES string of the molecule is CC(O)(CCCn1ccnc1)c1ccc(F)cc1. The van der Waals surface area contributed by atoms with Crippen LogP contribution in [0, 0.1) is 5.82 Å². The van der Waals surface area contributed by atoms with E-state index in [9.17, 15) is 9.50 Å². The summed E-state index contributed by atoms with van der Waals surface area (Å²) in [6.45, 7) is 2.57. The summed E-state index contributed by atoms with van der Waals surface area (Å²) in [6, 6.07) is 6.01. The van der Waals surface area contributed by atoms with Crippen molar-refractivity contribution in [3.63, 3.8) is 0 Å². The normalized spacial score (nSPS) is 14.4. The molecule has 0 saturated heterocycles. The van der Waals surface area contributed by atoms with Gasteiger partial charge in [0.15, 0.2) is 0 Å². The zero-order valence-corrected chi connectivity index (χ0v) is 10.4. The largest absolute Gasteiger partial charge is 0.385 e. The molecule has 3 nitrogen and oxygen atoms in total. The molecule has 2 rings (SSSR count). The van der Waals surface area contributed by atoms with Crippen LogP contribution in [0.3, 0.4) is 0 Å². The molecule has 0 aliphatic carbocycles. The van der Waals surface area contributed by atoms with Gasteiger partial charge in [-0.1, -0.05) is 12.1 Å². The number of hydrogen-bond donors (Lipinski definition) is 1. The molecular formula is C14H17FN2O. The summed E-state index contributed by atoms with van der Waals surface area (Å²) >= 11 is 0. The van der Waals surface area contributed by atoms with Crippen molar-refractivity contribution in [2.45, 2.75) is 31.9 Å². The minimum atomic E-state index is -0.922. The first kappa shape index (κ1) is 12.8. The number of nitrogens with zero attached hydrogens (tertiary/aromatic N) is 2. The maximum Gasteiger partial charge on any atom is 0.123 e. The topological polar surface area (TPSA) is 38.0 Å². The van der Waals surface area contributed by atoms with Crippen LogP contribution in [0.5, 0.6) is 0 Å². The van der Waals surface area contributed by atoms with Crippen LogP contribution in [0.2, 0.25) is 0 Å². The highest BCUT2D eigenvalue weighted by Gasteiger charge is 2.22. The predicted octanol–water partition coefficient (Wildman–Crippen LogP) is 2.71. The van der Waals surface area contributed by atoms with Gasteiger partial charge in [0.2, 0.25) is 0 Å². The van der Waals surface area contributed by atoms with E-state index in [0.717, 1.165) is 18.5 Å². The molecule has 0 bridgehead atoms. The fourth-order valence-electron chi connectivity index (χ4n) is 1.98. The molecule has 0 spiro atoms. The lowest BCUT2D eigenvalue weighted by molar-refractivity contribution is 0.0443. The first-order valence-electron chi connectivity index (χ1n) is 6.02. The van der Waals surface area contributed by atoms with Crippen molar-refractivity contribution in [1.29, 1.82) is 0 Å². The zero-order valence-electron chi connectivity index (χ0n) is 10.4. The number of aliphatic hydroxyl groups is 1. The van der Waals surface area contributed by atoms with Gasteiger partial charge in [-0.25, -0.2) is 9.37 Å². The van der Waals surface area contributed by atoms with Gasteiger partial charge in [-0.05, 0) is 37.5 Å². The van der Waals surface area contributed by atoms with Gasteiger partial charge in [0.05, 0.1) is 11.9 Å². The van der Waals surface area contributed by atoms with Crippen molar-refractivity contribution in [3.8, 4) is 0 Å². The Labute approximate surface area is 106 Å². The molecule has 96 valence electrons. The van der Waals surface area contributed by atoms with Crippen molar-refractivity contribution >= 4 is 0 Å². The van der Waals surface area contributed by atoms with Crippen molar-refractivity contribution in [3.05, 3.63) is 54.4 Å². The number of aryl methyl sites for hydroxylation is 1. The minimum absolute atomic E-state index is 0.284. The quantitative estimate of drug-likeness (QED) is 0.883. The predicted molar refractivity (Wildman–Crippen MR) is 67.4 cm³/mol. The summed E-state index contributed by atoms with van der Waals surface area (Å²) < 4.78 is 14.8. The van der Waals surface area contributed by atoms with Crippen LogP contribution in [0.25, 0.3) is 0 Å². The third kappa shape index (κ3) is 3.17. The van der Waals surface area contributed by atoms with Crippen molar-refractivity contribution in [1.82, 2.24) is 9.55 Å². The minimum Gasteiger partial charge on any atom is -0.385 e. The Morgan fingerprint density at radius 2 is 2.06 bits per heavy atom. The summed E-state index contributed by atoms with van der Waals surface area (Å²) in [5, 5.41) is 10.4. The van der Waals surface area contributed by atoms with Crippen molar-refractivity contribution < 1.29 is 9.50 Å². The van der Waals surface area contributed by atoms with Gasteiger partial charge in [-0.15, -0.1) is 0 Å². The average Bonchev–Trinajstić information content (AvgIpc) is 2.82. The van der Waals surface area contributed by atoms with E-state index in [2.05, 4.69) is 4.98 Å². The van der Waals surface area contributed by atoms with Crippen LogP contribution < -0.4 is 0 Å². The van der Waals surface area contributed by atoms with Gasteiger partial charge < -0.3 is 9.67 Å². The fraction of sp³-hybridized carbons (Fsp3) is 0.357. The number of halogens is 1. The molecule has 18 heavy (non-hydrogen) atoms. The third-order valence-electron chi connectivity index (χ3n) is 3.11. The summed E-state index contributed by atoms with van der Waals surface area (Å²) in [4.78, 5) is 3.96. The molecule has 0 fully saturated rings. The number of benzene rings is 1. The molecule has 1 heterocycles. The van der Waals surface area contributed by atoms with E-state index < -0.39 is 5.60 Å². The Balaban J connectivity index is 1.92. The van der Waals surface area contributed by atoms with Crippen LogP contribution in [0.4, 0.5) is 4.39 Å². The molecule has 0 saturated carbocycles. The average molecular weight is 248 g/mol. The summed E-state index contributed by atoms with van der Waals surface area (Å²) in [5.74, 6) is -0.284. The van der Waals surface area contributed by atoms with Crippen molar-refractivity contribution in [2.24, 2.45) is 0 Å². The van der Waals surface area contributed by atoms with E-state index in [1.165, 1.54) is 12.1 Å². The summed E-state index contributed by atoms with van der Waals surface area (Å²) in [6.07, 6.45) is 6.84. The van der Waals surface area contributed by atoms with Gasteiger partial charge in [0.25, 0.3) is 0 Å². The lowest BCUT2D eigenvalue weighted by atomic mass is 9.91. The van der Waals surface area contributed by atoms with Gasteiger partial charge in [-0.2, -0.15) is 0 Å². The lowest BCUT2D eigenvalue weighted by Gasteiger charge is -2.23. The first-order valence-corrected chi connectivity index (χ1v) is 6.02. The van der Waals surface area contributed by atoms with Crippen LogP contribution in [-0.4, -0.2) is 14.7 Å². The molecule has 1 N–H and O–H groups in total. The molecule has 1 unspecified atom stereocenters. The molecule has 1 aromatic heterocycles. The molecule has 2 aromatic rings. The van der Waals surface area contributed by atoms with Crippen molar-refractivity contribution in [2.75, 3.05) is 0 Å². The zero-order chi connectivity index (χ0) is 13.0. The van der Waals surface area contributed by atoms with Crippen LogP contribution in [-0.2, 0) is 12.1 Å². The molecular weight excluding hydrogens is 231 g/mol. The highest BCUT2D eigenvalue weighted by molar-refractivity contribution is 5.22. The smallest absolute Gasteiger partial charge is 0.123 e. The highest BCUT2D eigenvalue weighted by atomic mass is 19.1. The number of rotatable bonds is 5. The maximum atomic E-state index is 12.8. The van der Waals surface area contributed by atoms with Crippen LogP contribution >= 0.6 is 0 Å². The molecule has 1 aromatic carbocycles.